The van der Waals surface area contributed by atoms with E-state index in [0.29, 0.717) is 28.4 Å². The van der Waals surface area contributed by atoms with Crippen LogP contribution in [-0.2, 0) is 16.9 Å². The number of nitrogens with zero attached hydrogens (tertiary/aromatic N) is 1. The molecular formula is C23H17ClN2O2. The molecule has 0 bridgehead atoms. The SMILES string of the molecule is O=C1N(Cc2ccccc2Cl)c2ccccc2[C@@]1(O)c1c[nH]c2ccccc12. The molecule has 28 heavy (non-hydrogen) atoms. The fraction of sp³-hybridized carbons (Fsp3) is 0.0870. The van der Waals surface area contributed by atoms with Gasteiger partial charge in [0.05, 0.1) is 12.2 Å². The molecule has 1 aliphatic heterocycles. The highest BCUT2D eigenvalue weighted by Gasteiger charge is 2.52. The average molecular weight is 389 g/mol. The molecule has 0 unspecified atom stereocenters. The van der Waals surface area contributed by atoms with E-state index in [0.717, 1.165) is 16.5 Å². The van der Waals surface area contributed by atoms with Crippen molar-refractivity contribution in [2.75, 3.05) is 4.90 Å². The van der Waals surface area contributed by atoms with Gasteiger partial charge in [-0.3, -0.25) is 4.79 Å². The van der Waals surface area contributed by atoms with Crippen LogP contribution in [0.3, 0.4) is 0 Å². The van der Waals surface area contributed by atoms with Gasteiger partial charge in [-0.15, -0.1) is 0 Å². The number of anilines is 1. The number of carbonyl (C=O) groups is 1. The average Bonchev–Trinajstić information content (AvgIpc) is 3.24. The van der Waals surface area contributed by atoms with Gasteiger partial charge in [0.15, 0.2) is 5.60 Å². The third-order valence-corrected chi connectivity index (χ3v) is 5.77. The molecule has 1 aliphatic rings. The fourth-order valence-electron chi connectivity index (χ4n) is 4.02. The highest BCUT2D eigenvalue weighted by Crippen LogP contribution is 2.46. The molecule has 4 aromatic rings. The van der Waals surface area contributed by atoms with E-state index in [1.54, 1.807) is 17.2 Å². The molecule has 4 nitrogen and oxygen atoms in total. The summed E-state index contributed by atoms with van der Waals surface area (Å²) in [5.74, 6) is -0.377. The van der Waals surface area contributed by atoms with Gasteiger partial charge in [-0.2, -0.15) is 0 Å². The van der Waals surface area contributed by atoms with Gasteiger partial charge < -0.3 is 15.0 Å². The Hall–Kier alpha value is -3.08. The summed E-state index contributed by atoms with van der Waals surface area (Å²) in [6.45, 7) is 0.292. The summed E-state index contributed by atoms with van der Waals surface area (Å²) in [6.07, 6.45) is 1.72. The lowest BCUT2D eigenvalue weighted by atomic mass is 9.87. The van der Waals surface area contributed by atoms with Crippen LogP contribution < -0.4 is 4.90 Å². The number of halogens is 1. The Morgan fingerprint density at radius 2 is 1.64 bits per heavy atom. The number of benzene rings is 3. The Morgan fingerprint density at radius 1 is 0.929 bits per heavy atom. The van der Waals surface area contributed by atoms with Gasteiger partial charge in [-0.05, 0) is 23.8 Å². The molecule has 0 radical (unpaired) electrons. The van der Waals surface area contributed by atoms with Gasteiger partial charge in [0.25, 0.3) is 5.91 Å². The summed E-state index contributed by atoms with van der Waals surface area (Å²) in [4.78, 5) is 18.3. The van der Waals surface area contributed by atoms with Crippen molar-refractivity contribution in [3.63, 3.8) is 0 Å². The third kappa shape index (κ3) is 2.32. The first kappa shape index (κ1) is 17.0. The predicted molar refractivity (Wildman–Crippen MR) is 110 cm³/mol. The minimum absolute atomic E-state index is 0.292. The van der Waals surface area contributed by atoms with Crippen molar-refractivity contribution < 1.29 is 9.90 Å². The largest absolute Gasteiger partial charge is 0.372 e. The van der Waals surface area contributed by atoms with E-state index in [9.17, 15) is 9.90 Å². The first-order valence-electron chi connectivity index (χ1n) is 9.04. The van der Waals surface area contributed by atoms with Gasteiger partial charge in [0.2, 0.25) is 0 Å². The number of aromatic amines is 1. The van der Waals surface area contributed by atoms with Crippen LogP contribution >= 0.6 is 11.6 Å². The highest BCUT2D eigenvalue weighted by atomic mass is 35.5. The van der Waals surface area contributed by atoms with Crippen LogP contribution in [0.5, 0.6) is 0 Å². The molecule has 0 saturated carbocycles. The number of rotatable bonds is 3. The second-order valence-corrected chi connectivity index (χ2v) is 7.37. The van der Waals surface area contributed by atoms with E-state index in [-0.39, 0.29) is 5.91 Å². The number of amides is 1. The van der Waals surface area contributed by atoms with Gasteiger partial charge in [-0.25, -0.2) is 0 Å². The minimum Gasteiger partial charge on any atom is -0.372 e. The van der Waals surface area contributed by atoms with Gasteiger partial charge >= 0.3 is 0 Å². The Morgan fingerprint density at radius 3 is 2.50 bits per heavy atom. The lowest BCUT2D eigenvalue weighted by Crippen LogP contribution is -2.40. The van der Waals surface area contributed by atoms with E-state index < -0.39 is 5.60 Å². The van der Waals surface area contributed by atoms with E-state index in [1.807, 2.05) is 66.7 Å². The van der Waals surface area contributed by atoms with Crippen molar-refractivity contribution in [3.05, 3.63) is 101 Å². The molecule has 138 valence electrons. The van der Waals surface area contributed by atoms with E-state index in [4.69, 9.17) is 11.6 Å². The molecule has 1 atom stereocenters. The number of aliphatic hydroxyl groups is 1. The summed E-state index contributed by atoms with van der Waals surface area (Å²) in [6, 6.07) is 22.5. The first-order chi connectivity index (χ1) is 13.6. The molecule has 1 aromatic heterocycles. The topological polar surface area (TPSA) is 56.3 Å². The number of carbonyl (C=O) groups excluding carboxylic acids is 1. The molecule has 2 N–H and O–H groups in total. The number of nitrogens with one attached hydrogen (secondary N) is 1. The Labute approximate surface area is 167 Å². The number of hydrogen-bond donors (Lipinski definition) is 2. The summed E-state index contributed by atoms with van der Waals surface area (Å²) in [5, 5.41) is 13.2. The van der Waals surface area contributed by atoms with Gasteiger partial charge in [0.1, 0.15) is 0 Å². The van der Waals surface area contributed by atoms with Crippen molar-refractivity contribution in [2.45, 2.75) is 12.1 Å². The zero-order valence-corrected chi connectivity index (χ0v) is 15.6. The van der Waals surface area contributed by atoms with Crippen LogP contribution in [0.4, 0.5) is 5.69 Å². The molecule has 0 fully saturated rings. The normalized spacial score (nSPS) is 18.6. The fourth-order valence-corrected chi connectivity index (χ4v) is 4.22. The molecule has 5 rings (SSSR count). The number of aromatic nitrogens is 1. The lowest BCUT2D eigenvalue weighted by Gasteiger charge is -2.23. The standard InChI is InChI=1S/C23H17ClN2O2/c24-19-10-4-1-7-15(19)14-26-21-12-6-3-9-17(21)23(28,22(26)27)18-13-25-20-11-5-2-8-16(18)20/h1-13,25,28H,14H2/t23-/m1/s1. The number of para-hydroxylation sites is 2. The summed E-state index contributed by atoms with van der Waals surface area (Å²) in [7, 11) is 0. The Balaban J connectivity index is 1.68. The molecule has 2 heterocycles. The maximum absolute atomic E-state index is 13.6. The monoisotopic (exact) mass is 388 g/mol. The zero-order valence-electron chi connectivity index (χ0n) is 14.9. The highest BCUT2D eigenvalue weighted by molar-refractivity contribution is 6.31. The maximum atomic E-state index is 13.6. The van der Waals surface area contributed by atoms with Crippen LogP contribution in [-0.4, -0.2) is 16.0 Å². The second-order valence-electron chi connectivity index (χ2n) is 6.96. The van der Waals surface area contributed by atoms with Crippen molar-refractivity contribution in [1.29, 1.82) is 0 Å². The minimum atomic E-state index is -1.75. The molecule has 5 heteroatoms. The Kier molecular flexibility index (Phi) is 3.79. The van der Waals surface area contributed by atoms with Crippen molar-refractivity contribution >= 4 is 34.1 Å². The maximum Gasteiger partial charge on any atom is 0.268 e. The summed E-state index contributed by atoms with van der Waals surface area (Å²) >= 11 is 6.32. The van der Waals surface area contributed by atoms with E-state index in [1.165, 1.54) is 0 Å². The molecule has 0 aliphatic carbocycles. The zero-order chi connectivity index (χ0) is 19.3. The van der Waals surface area contributed by atoms with Crippen LogP contribution in [0, 0.1) is 0 Å². The van der Waals surface area contributed by atoms with Gasteiger partial charge in [-0.1, -0.05) is 66.2 Å². The third-order valence-electron chi connectivity index (χ3n) is 5.40. The molecule has 1 amide bonds. The van der Waals surface area contributed by atoms with Crippen LogP contribution in [0.1, 0.15) is 16.7 Å². The summed E-state index contributed by atoms with van der Waals surface area (Å²) in [5.41, 5.74) is 1.78. The number of hydrogen-bond acceptors (Lipinski definition) is 2. The number of fused-ring (bicyclic) bond motifs is 2. The van der Waals surface area contributed by atoms with Crippen molar-refractivity contribution in [1.82, 2.24) is 4.98 Å². The van der Waals surface area contributed by atoms with Crippen LogP contribution in [0.25, 0.3) is 10.9 Å². The Bertz CT molecular complexity index is 1220. The second kappa shape index (κ2) is 6.23. The van der Waals surface area contributed by atoms with E-state index in [2.05, 4.69) is 4.98 Å². The molecular weight excluding hydrogens is 372 g/mol. The van der Waals surface area contributed by atoms with Gasteiger partial charge in [0, 0.05) is 33.2 Å². The predicted octanol–water partition coefficient (Wildman–Crippen LogP) is 4.60. The molecule has 0 spiro atoms. The quantitative estimate of drug-likeness (QED) is 0.538. The smallest absolute Gasteiger partial charge is 0.268 e. The van der Waals surface area contributed by atoms with Crippen molar-refractivity contribution in [2.24, 2.45) is 0 Å². The van der Waals surface area contributed by atoms with Crippen LogP contribution in [0.15, 0.2) is 79.0 Å². The molecule has 0 saturated heterocycles. The van der Waals surface area contributed by atoms with E-state index >= 15 is 0 Å². The number of H-pyrrole nitrogens is 1. The first-order valence-corrected chi connectivity index (χ1v) is 9.42. The lowest BCUT2D eigenvalue weighted by molar-refractivity contribution is -0.132. The molecule has 3 aromatic carbocycles. The van der Waals surface area contributed by atoms with Crippen LogP contribution in [0.2, 0.25) is 5.02 Å². The summed E-state index contributed by atoms with van der Waals surface area (Å²) < 4.78 is 0. The van der Waals surface area contributed by atoms with Crippen molar-refractivity contribution in [3.8, 4) is 0 Å².